The standard InChI is InChI=1S/C25H22N2O4/c1-28-18-9-6-16(7-10-18)25-27-21(19-4-2-3-5-22(19)31-25)15-20(26-27)17-8-11-23-24(14-17)30-13-12-29-23/h2-11,14,21,25H,12-13,15H2,1H3. The van der Waals surface area contributed by atoms with Crippen molar-refractivity contribution in [3.05, 3.63) is 83.4 Å². The van der Waals surface area contributed by atoms with Gasteiger partial charge in [-0.25, -0.2) is 5.01 Å². The molecule has 2 atom stereocenters. The van der Waals surface area contributed by atoms with Crippen LogP contribution in [0, 0.1) is 0 Å². The molecule has 31 heavy (non-hydrogen) atoms. The fourth-order valence-corrected chi connectivity index (χ4v) is 4.42. The van der Waals surface area contributed by atoms with Crippen LogP contribution in [0.2, 0.25) is 0 Å². The van der Waals surface area contributed by atoms with E-state index in [1.54, 1.807) is 7.11 Å². The summed E-state index contributed by atoms with van der Waals surface area (Å²) in [6, 6.07) is 22.4. The Labute approximate surface area is 180 Å². The summed E-state index contributed by atoms with van der Waals surface area (Å²) in [7, 11) is 1.67. The van der Waals surface area contributed by atoms with Gasteiger partial charge in [-0.2, -0.15) is 5.10 Å². The van der Waals surface area contributed by atoms with Gasteiger partial charge in [0, 0.05) is 23.1 Å². The van der Waals surface area contributed by atoms with Gasteiger partial charge in [-0.05, 0) is 48.5 Å². The Morgan fingerprint density at radius 1 is 0.903 bits per heavy atom. The molecule has 3 aromatic rings. The SMILES string of the molecule is COc1ccc(C2Oc3ccccc3C3CC(c4ccc5c(c4)OCCO5)=NN32)cc1. The fraction of sp³-hybridized carbons (Fsp3) is 0.240. The lowest BCUT2D eigenvalue weighted by Gasteiger charge is -2.38. The van der Waals surface area contributed by atoms with E-state index < -0.39 is 0 Å². The number of nitrogens with zero attached hydrogens (tertiary/aromatic N) is 2. The second-order valence-corrected chi connectivity index (χ2v) is 7.79. The van der Waals surface area contributed by atoms with Crippen LogP contribution in [0.5, 0.6) is 23.0 Å². The summed E-state index contributed by atoms with van der Waals surface area (Å²) in [6.07, 6.45) is 0.493. The van der Waals surface area contributed by atoms with Gasteiger partial charge in [0.25, 0.3) is 0 Å². The molecule has 2 unspecified atom stereocenters. The van der Waals surface area contributed by atoms with Crippen molar-refractivity contribution in [1.29, 1.82) is 0 Å². The number of para-hydroxylation sites is 1. The van der Waals surface area contributed by atoms with E-state index in [1.807, 2.05) is 48.5 Å². The third-order valence-electron chi connectivity index (χ3n) is 5.98. The lowest BCUT2D eigenvalue weighted by atomic mass is 9.95. The monoisotopic (exact) mass is 414 g/mol. The number of hydrogen-bond donors (Lipinski definition) is 0. The van der Waals surface area contributed by atoms with Crippen molar-refractivity contribution < 1.29 is 18.9 Å². The van der Waals surface area contributed by atoms with Crippen molar-refractivity contribution in [2.75, 3.05) is 20.3 Å². The Bertz CT molecular complexity index is 1160. The molecular formula is C25H22N2O4. The first-order valence-corrected chi connectivity index (χ1v) is 10.5. The molecule has 3 aliphatic heterocycles. The molecule has 0 spiro atoms. The van der Waals surface area contributed by atoms with Crippen LogP contribution in [0.4, 0.5) is 0 Å². The second-order valence-electron chi connectivity index (χ2n) is 7.79. The summed E-state index contributed by atoms with van der Waals surface area (Å²) < 4.78 is 23.2. The lowest BCUT2D eigenvalue weighted by molar-refractivity contribution is -0.0190. The summed E-state index contributed by atoms with van der Waals surface area (Å²) in [6.45, 7) is 1.15. The molecule has 156 valence electrons. The minimum Gasteiger partial charge on any atom is -0.497 e. The molecule has 6 nitrogen and oxygen atoms in total. The third kappa shape index (κ3) is 3.06. The molecule has 6 rings (SSSR count). The molecule has 0 fully saturated rings. The predicted molar refractivity (Wildman–Crippen MR) is 116 cm³/mol. The maximum Gasteiger partial charge on any atom is 0.213 e. The maximum atomic E-state index is 6.41. The summed E-state index contributed by atoms with van der Waals surface area (Å²) in [5.74, 6) is 3.29. The van der Waals surface area contributed by atoms with E-state index in [1.165, 1.54) is 0 Å². The van der Waals surface area contributed by atoms with E-state index in [2.05, 4.69) is 23.2 Å². The van der Waals surface area contributed by atoms with Gasteiger partial charge in [-0.15, -0.1) is 0 Å². The molecule has 0 aliphatic carbocycles. The quantitative estimate of drug-likeness (QED) is 0.621. The first-order chi connectivity index (χ1) is 15.3. The molecule has 0 N–H and O–H groups in total. The van der Waals surface area contributed by atoms with Crippen LogP contribution >= 0.6 is 0 Å². The molecule has 3 aromatic carbocycles. The minimum atomic E-state index is -0.305. The highest BCUT2D eigenvalue weighted by Gasteiger charge is 2.41. The van der Waals surface area contributed by atoms with E-state index in [4.69, 9.17) is 24.0 Å². The Balaban J connectivity index is 1.40. The Hall–Kier alpha value is -3.67. The van der Waals surface area contributed by atoms with Crippen molar-refractivity contribution in [2.24, 2.45) is 5.10 Å². The van der Waals surface area contributed by atoms with Gasteiger partial charge in [0.2, 0.25) is 6.23 Å². The van der Waals surface area contributed by atoms with E-state index >= 15 is 0 Å². The molecule has 0 radical (unpaired) electrons. The molecule has 0 saturated heterocycles. The van der Waals surface area contributed by atoms with Crippen LogP contribution in [0.15, 0.2) is 71.8 Å². The molecule has 0 saturated carbocycles. The number of benzene rings is 3. The van der Waals surface area contributed by atoms with Gasteiger partial charge in [-0.1, -0.05) is 18.2 Å². The number of hydrogen-bond acceptors (Lipinski definition) is 6. The van der Waals surface area contributed by atoms with Crippen LogP contribution in [-0.2, 0) is 0 Å². The highest BCUT2D eigenvalue weighted by Crippen LogP contribution is 2.47. The van der Waals surface area contributed by atoms with Gasteiger partial charge >= 0.3 is 0 Å². The first-order valence-electron chi connectivity index (χ1n) is 10.5. The summed E-state index contributed by atoms with van der Waals surface area (Å²) in [5, 5.41) is 7.11. The highest BCUT2D eigenvalue weighted by molar-refractivity contribution is 6.02. The van der Waals surface area contributed by atoms with E-state index in [0.717, 1.165) is 51.8 Å². The Kier molecular flexibility index (Phi) is 4.23. The number of rotatable bonds is 3. The largest absolute Gasteiger partial charge is 0.497 e. The lowest BCUT2D eigenvalue weighted by Crippen LogP contribution is -2.33. The van der Waals surface area contributed by atoms with Crippen molar-refractivity contribution in [3.63, 3.8) is 0 Å². The predicted octanol–water partition coefficient (Wildman–Crippen LogP) is 4.71. The van der Waals surface area contributed by atoms with Crippen LogP contribution in [0.25, 0.3) is 0 Å². The zero-order valence-corrected chi connectivity index (χ0v) is 17.2. The zero-order chi connectivity index (χ0) is 20.8. The normalized spacial score (nSPS) is 20.9. The molecule has 6 heteroatoms. The van der Waals surface area contributed by atoms with Crippen molar-refractivity contribution in [2.45, 2.75) is 18.7 Å². The Morgan fingerprint density at radius 3 is 2.55 bits per heavy atom. The zero-order valence-electron chi connectivity index (χ0n) is 17.2. The van der Waals surface area contributed by atoms with Crippen molar-refractivity contribution >= 4 is 5.71 Å². The van der Waals surface area contributed by atoms with E-state index in [9.17, 15) is 0 Å². The topological polar surface area (TPSA) is 52.5 Å². The van der Waals surface area contributed by atoms with Gasteiger partial charge in [-0.3, -0.25) is 0 Å². The maximum absolute atomic E-state index is 6.41. The number of methoxy groups -OCH3 is 1. The molecule has 3 aliphatic rings. The summed E-state index contributed by atoms with van der Waals surface area (Å²) >= 11 is 0. The first kappa shape index (κ1) is 18.1. The van der Waals surface area contributed by atoms with E-state index in [0.29, 0.717) is 13.2 Å². The van der Waals surface area contributed by atoms with Gasteiger partial charge in [0.15, 0.2) is 11.5 Å². The van der Waals surface area contributed by atoms with Gasteiger partial charge in [0.1, 0.15) is 24.7 Å². The van der Waals surface area contributed by atoms with E-state index in [-0.39, 0.29) is 12.3 Å². The van der Waals surface area contributed by atoms with Crippen LogP contribution in [0.3, 0.4) is 0 Å². The van der Waals surface area contributed by atoms with Crippen LogP contribution in [-0.4, -0.2) is 31.0 Å². The number of ether oxygens (including phenoxy) is 4. The number of hydrazone groups is 1. The molecule has 0 bridgehead atoms. The van der Waals surface area contributed by atoms with Crippen LogP contribution < -0.4 is 18.9 Å². The molecule has 3 heterocycles. The van der Waals surface area contributed by atoms with Crippen molar-refractivity contribution in [3.8, 4) is 23.0 Å². The average molecular weight is 414 g/mol. The second kappa shape index (κ2) is 7.23. The number of fused-ring (bicyclic) bond motifs is 4. The van der Waals surface area contributed by atoms with Crippen molar-refractivity contribution in [1.82, 2.24) is 5.01 Å². The smallest absolute Gasteiger partial charge is 0.213 e. The molecular weight excluding hydrogens is 392 g/mol. The fourth-order valence-electron chi connectivity index (χ4n) is 4.42. The van der Waals surface area contributed by atoms with Crippen LogP contribution in [0.1, 0.15) is 35.4 Å². The summed E-state index contributed by atoms with van der Waals surface area (Å²) in [5.41, 5.74) is 4.25. The Morgan fingerprint density at radius 2 is 1.71 bits per heavy atom. The molecule has 0 amide bonds. The third-order valence-corrected chi connectivity index (χ3v) is 5.98. The minimum absolute atomic E-state index is 0.111. The molecule has 0 aromatic heterocycles. The highest BCUT2D eigenvalue weighted by atomic mass is 16.6. The average Bonchev–Trinajstić information content (AvgIpc) is 3.29. The van der Waals surface area contributed by atoms with Gasteiger partial charge < -0.3 is 18.9 Å². The van der Waals surface area contributed by atoms with Gasteiger partial charge in [0.05, 0.1) is 18.9 Å². The summed E-state index contributed by atoms with van der Waals surface area (Å²) in [4.78, 5) is 0.